The summed E-state index contributed by atoms with van der Waals surface area (Å²) in [7, 11) is 6.29. The molecule has 3 N–H and O–H groups in total. The fourth-order valence-corrected chi connectivity index (χ4v) is 10.4. The number of carbonyl (C=O) groups is 4. The first-order valence-electron chi connectivity index (χ1n) is 24.4. The molecule has 3 fully saturated rings. The van der Waals surface area contributed by atoms with Crippen LogP contribution in [0.3, 0.4) is 0 Å². The monoisotopic (exact) mass is 927 g/mol. The fourth-order valence-electron chi connectivity index (χ4n) is 10.4. The summed E-state index contributed by atoms with van der Waals surface area (Å²) in [6.07, 6.45) is 12.9. The van der Waals surface area contributed by atoms with Gasteiger partial charge in [0.2, 0.25) is 5.79 Å². The lowest BCUT2D eigenvalue weighted by atomic mass is 9.78. The zero-order chi connectivity index (χ0) is 48.9. The molecule has 14 heteroatoms. The van der Waals surface area contributed by atoms with Crippen molar-refractivity contribution in [2.24, 2.45) is 40.5 Å². The van der Waals surface area contributed by atoms with Crippen LogP contribution < -0.4 is 0 Å². The van der Waals surface area contributed by atoms with Crippen molar-refractivity contribution in [2.75, 3.05) is 34.9 Å². The molecule has 15 unspecified atom stereocenters. The predicted molar refractivity (Wildman–Crippen MR) is 253 cm³/mol. The van der Waals surface area contributed by atoms with E-state index in [1.807, 2.05) is 71.1 Å². The Bertz CT molecular complexity index is 1790. The third-order valence-electron chi connectivity index (χ3n) is 14.8. The number of cyclic esters (lactones) is 1. The van der Waals surface area contributed by atoms with Gasteiger partial charge in [0.05, 0.1) is 24.4 Å². The average molecular weight is 927 g/mol. The van der Waals surface area contributed by atoms with E-state index in [2.05, 4.69) is 4.99 Å². The molecule has 0 aromatic heterocycles. The van der Waals surface area contributed by atoms with Crippen molar-refractivity contribution >= 4 is 29.2 Å². The van der Waals surface area contributed by atoms with Crippen LogP contribution in [-0.2, 0) is 42.9 Å². The van der Waals surface area contributed by atoms with Crippen LogP contribution >= 0.6 is 0 Å². The lowest BCUT2D eigenvalue weighted by Crippen LogP contribution is -2.61. The lowest BCUT2D eigenvalue weighted by molar-refractivity contribution is -0.265. The smallest absolute Gasteiger partial charge is 0.329 e. The van der Waals surface area contributed by atoms with E-state index in [4.69, 9.17) is 23.7 Å². The second-order valence-corrected chi connectivity index (χ2v) is 19.8. The van der Waals surface area contributed by atoms with Crippen LogP contribution in [0.5, 0.6) is 0 Å². The standard InChI is InChI=1S/C52H82N2O12/c1-31-17-13-12-14-18-32(2)43(62-9)29-39-22-20-37(7)52(61,66-39)49(58)50(59)54-24-16-15-19-41(54)51(60)65-44(34(4)27-38-21-23-42(55)45(28-38)63-10)30-40(53-8)33(3)26-36(6)47(57)48(64-11)46(56)35(5)25-31/h12-14,17-18,26,31,33-35,37-39,41-45,47-48,55,57,61H,15-16,19-25,27-30H2,1-11H3/b14-12+,17-13+,32-18+,36-26+,53-40-. The molecule has 2 saturated heterocycles. The third-order valence-corrected chi connectivity index (χ3v) is 14.8. The SMILES string of the molecule is C/N=C1/CC(C(C)CC2CCC(O)C(OC)C2)OC(=O)C2CCCCN2C(=O)C(=O)C2(O)OC(CCC2C)CC(OC)/C(C)=C/C=C/C=C/C(C)CC(C)C(=O)C(OC)C(O)/C(C)=C/C1C. The summed E-state index contributed by atoms with van der Waals surface area (Å²) in [4.78, 5) is 62.8. The Morgan fingerprint density at radius 1 is 0.879 bits per heavy atom. The van der Waals surface area contributed by atoms with Crippen LogP contribution in [0.2, 0.25) is 0 Å². The van der Waals surface area contributed by atoms with Crippen LogP contribution in [0.1, 0.15) is 126 Å². The zero-order valence-corrected chi connectivity index (χ0v) is 41.6. The number of esters is 1. The number of ketones is 2. The van der Waals surface area contributed by atoms with Gasteiger partial charge >= 0.3 is 5.97 Å². The number of allylic oxidation sites excluding steroid dienone is 6. The van der Waals surface area contributed by atoms with Crippen molar-refractivity contribution in [1.29, 1.82) is 0 Å². The topological polar surface area (TPSA) is 191 Å². The minimum absolute atomic E-state index is 0.0477. The Labute approximate surface area is 394 Å². The molecule has 4 rings (SSSR count). The van der Waals surface area contributed by atoms with Gasteiger partial charge in [-0.2, -0.15) is 0 Å². The number of nitrogens with zero attached hydrogens (tertiary/aromatic N) is 2. The van der Waals surface area contributed by atoms with Crippen molar-refractivity contribution in [1.82, 2.24) is 4.90 Å². The molecule has 4 aliphatic rings. The second-order valence-electron chi connectivity index (χ2n) is 19.8. The number of hydrogen-bond donors (Lipinski definition) is 3. The number of ether oxygens (including phenoxy) is 5. The molecule has 0 aromatic carbocycles. The molecule has 0 radical (unpaired) electrons. The minimum atomic E-state index is -2.40. The number of methoxy groups -OCH3 is 3. The van der Waals surface area contributed by atoms with Crippen molar-refractivity contribution < 1.29 is 58.2 Å². The molecule has 14 nitrogen and oxygen atoms in total. The van der Waals surface area contributed by atoms with Gasteiger partial charge in [-0.25, -0.2) is 4.79 Å². The second kappa shape index (κ2) is 25.8. The Hall–Kier alpha value is -3.37. The Kier molecular flexibility index (Phi) is 21.6. The maximum Gasteiger partial charge on any atom is 0.329 e. The maximum atomic E-state index is 14.5. The van der Waals surface area contributed by atoms with Gasteiger partial charge in [0.25, 0.3) is 11.7 Å². The highest BCUT2D eigenvalue weighted by atomic mass is 16.6. The van der Waals surface area contributed by atoms with E-state index in [9.17, 15) is 34.5 Å². The fraction of sp³-hybridized carbons (Fsp3) is 0.750. The zero-order valence-electron chi connectivity index (χ0n) is 41.6. The van der Waals surface area contributed by atoms with E-state index in [0.717, 1.165) is 12.0 Å². The molecule has 1 amide bonds. The van der Waals surface area contributed by atoms with Gasteiger partial charge < -0.3 is 43.9 Å². The summed E-state index contributed by atoms with van der Waals surface area (Å²) in [5.41, 5.74) is 2.13. The first kappa shape index (κ1) is 55.2. The van der Waals surface area contributed by atoms with Crippen LogP contribution in [0, 0.1) is 35.5 Å². The third kappa shape index (κ3) is 14.3. The summed E-state index contributed by atoms with van der Waals surface area (Å²) in [5.74, 6) is -6.71. The van der Waals surface area contributed by atoms with Gasteiger partial charge in [-0.3, -0.25) is 19.4 Å². The molecule has 0 aromatic rings. The van der Waals surface area contributed by atoms with Crippen molar-refractivity contribution in [3.8, 4) is 0 Å². The number of Topliss-reactive ketones (excluding diaryl/α,β-unsaturated/α-hetero) is 2. The number of amides is 1. The largest absolute Gasteiger partial charge is 0.460 e. The van der Waals surface area contributed by atoms with E-state index in [0.29, 0.717) is 69.1 Å². The number of fused-ring (bicyclic) bond motifs is 3. The van der Waals surface area contributed by atoms with E-state index < -0.39 is 77.9 Å². The van der Waals surface area contributed by atoms with Gasteiger partial charge in [-0.05, 0) is 107 Å². The molecule has 1 aliphatic carbocycles. The van der Waals surface area contributed by atoms with Gasteiger partial charge in [0.15, 0.2) is 5.78 Å². The minimum Gasteiger partial charge on any atom is -0.460 e. The van der Waals surface area contributed by atoms with Gasteiger partial charge in [-0.15, -0.1) is 0 Å². The Balaban J connectivity index is 1.73. The quantitative estimate of drug-likeness (QED) is 0.146. The lowest BCUT2D eigenvalue weighted by Gasteiger charge is -2.42. The van der Waals surface area contributed by atoms with Crippen molar-refractivity contribution in [3.05, 3.63) is 47.6 Å². The van der Waals surface area contributed by atoms with Crippen LogP contribution in [0.25, 0.3) is 0 Å². The normalized spacial score (nSPS) is 40.6. The highest BCUT2D eigenvalue weighted by Crippen LogP contribution is 2.38. The van der Waals surface area contributed by atoms with Gasteiger partial charge in [0, 0.05) is 71.2 Å². The number of hydrogen-bond acceptors (Lipinski definition) is 13. The molecule has 2 bridgehead atoms. The van der Waals surface area contributed by atoms with E-state index in [-0.39, 0.29) is 54.9 Å². The molecule has 15 atom stereocenters. The van der Waals surface area contributed by atoms with E-state index >= 15 is 0 Å². The number of rotatable bonds is 6. The molecule has 1 saturated carbocycles. The van der Waals surface area contributed by atoms with Crippen LogP contribution in [-0.4, -0.2) is 139 Å². The van der Waals surface area contributed by atoms with E-state index in [1.54, 1.807) is 35.1 Å². The van der Waals surface area contributed by atoms with E-state index in [1.165, 1.54) is 12.0 Å². The Morgan fingerprint density at radius 3 is 2.27 bits per heavy atom. The van der Waals surface area contributed by atoms with Crippen LogP contribution in [0.4, 0.5) is 0 Å². The summed E-state index contributed by atoms with van der Waals surface area (Å²) < 4.78 is 29.8. The molecule has 3 heterocycles. The predicted octanol–water partition coefficient (Wildman–Crippen LogP) is 6.68. The first-order valence-corrected chi connectivity index (χ1v) is 24.4. The maximum absolute atomic E-state index is 14.5. The summed E-state index contributed by atoms with van der Waals surface area (Å²) in [6, 6.07) is -1.07. The molecule has 372 valence electrons. The van der Waals surface area contributed by atoms with Gasteiger partial charge in [0.1, 0.15) is 24.4 Å². The number of aliphatic hydroxyl groups is 3. The summed E-state index contributed by atoms with van der Waals surface area (Å²) >= 11 is 0. The van der Waals surface area contributed by atoms with Crippen molar-refractivity contribution in [3.63, 3.8) is 0 Å². The van der Waals surface area contributed by atoms with Crippen LogP contribution in [0.15, 0.2) is 52.6 Å². The summed E-state index contributed by atoms with van der Waals surface area (Å²) in [6.45, 7) is 13.4. The van der Waals surface area contributed by atoms with Crippen molar-refractivity contribution in [2.45, 2.75) is 180 Å². The highest BCUT2D eigenvalue weighted by Gasteiger charge is 2.53. The number of aliphatic hydroxyl groups excluding tert-OH is 2. The van der Waals surface area contributed by atoms with Gasteiger partial charge in [-0.1, -0.05) is 71.1 Å². The number of carbonyl (C=O) groups excluding carboxylic acids is 4. The number of piperidine rings is 1. The molecule has 66 heavy (non-hydrogen) atoms. The molecular weight excluding hydrogens is 845 g/mol. The summed E-state index contributed by atoms with van der Waals surface area (Å²) in [5, 5.41) is 34.1. The molecule has 3 aliphatic heterocycles. The molecular formula is C52H82N2O12. The average Bonchev–Trinajstić information content (AvgIpc) is 3.30. The highest BCUT2D eigenvalue weighted by molar-refractivity contribution is 6.39. The first-order chi connectivity index (χ1) is 31.3. The number of aliphatic imine (C=N–C) groups is 1. The molecule has 0 spiro atoms. The Morgan fingerprint density at radius 2 is 1.61 bits per heavy atom.